The topological polar surface area (TPSA) is 74.9 Å². The van der Waals surface area contributed by atoms with Gasteiger partial charge in [-0.3, -0.25) is 9.59 Å². The summed E-state index contributed by atoms with van der Waals surface area (Å²) in [6, 6.07) is 13.0. The lowest BCUT2D eigenvalue weighted by Crippen LogP contribution is -2.62. The molecule has 2 atom stereocenters. The number of hydrogen-bond donors (Lipinski definition) is 1. The number of ether oxygens (including phenoxy) is 2. The first-order valence-electron chi connectivity index (χ1n) is 10.4. The monoisotopic (exact) mass is 419 g/mol. The molecule has 0 bridgehead atoms. The second-order valence-electron chi connectivity index (χ2n) is 8.14. The third-order valence-corrected chi connectivity index (χ3v) is 6.45. The number of carbonyl (C=O) groups excluding carboxylic acids is 2. The summed E-state index contributed by atoms with van der Waals surface area (Å²) in [5, 5.41) is 1.13. The molecule has 3 heterocycles. The van der Waals surface area contributed by atoms with Crippen molar-refractivity contribution in [2.24, 2.45) is 0 Å². The summed E-state index contributed by atoms with van der Waals surface area (Å²) in [5.74, 6) is 1.19. The molecule has 0 spiro atoms. The van der Waals surface area contributed by atoms with E-state index in [-0.39, 0.29) is 24.4 Å². The lowest BCUT2D eigenvalue weighted by molar-refractivity contribution is -0.159. The smallest absolute Gasteiger partial charge is 0.246 e. The fourth-order valence-electron chi connectivity index (χ4n) is 4.96. The van der Waals surface area contributed by atoms with Gasteiger partial charge in [0, 0.05) is 29.6 Å². The number of nitrogens with zero attached hydrogens (tertiary/aromatic N) is 2. The Bertz CT molecular complexity index is 1180. The first-order chi connectivity index (χ1) is 15.0. The zero-order chi connectivity index (χ0) is 21.7. The van der Waals surface area contributed by atoms with Crippen molar-refractivity contribution in [3.05, 3.63) is 59.3 Å². The molecular formula is C24H25N3O4. The van der Waals surface area contributed by atoms with Crippen molar-refractivity contribution in [2.75, 3.05) is 20.8 Å². The predicted molar refractivity (Wildman–Crippen MR) is 116 cm³/mol. The molecule has 1 unspecified atom stereocenters. The van der Waals surface area contributed by atoms with Gasteiger partial charge < -0.3 is 24.3 Å². The third kappa shape index (κ3) is 3.03. The van der Waals surface area contributed by atoms with Crippen molar-refractivity contribution >= 4 is 22.7 Å². The minimum atomic E-state index is -0.483. The summed E-state index contributed by atoms with van der Waals surface area (Å²) in [6.45, 7) is 2.42. The van der Waals surface area contributed by atoms with Crippen molar-refractivity contribution in [3.63, 3.8) is 0 Å². The SMILES string of the molecule is COc1ccc(CN2CC(=O)N3C(C)c4[nH]c5ccccc5c4C[C@H]3C2=O)cc1OC. The van der Waals surface area contributed by atoms with Crippen LogP contribution in [0.5, 0.6) is 11.5 Å². The molecule has 5 rings (SSSR count). The van der Waals surface area contributed by atoms with Crippen LogP contribution in [0, 0.1) is 0 Å². The summed E-state index contributed by atoms with van der Waals surface area (Å²) in [6.07, 6.45) is 0.524. The molecule has 0 aliphatic carbocycles. The fourth-order valence-corrected chi connectivity index (χ4v) is 4.96. The van der Waals surface area contributed by atoms with Gasteiger partial charge in [-0.2, -0.15) is 0 Å². The molecule has 31 heavy (non-hydrogen) atoms. The average Bonchev–Trinajstić information content (AvgIpc) is 3.16. The molecule has 1 N–H and O–H groups in total. The van der Waals surface area contributed by atoms with E-state index in [9.17, 15) is 9.59 Å². The van der Waals surface area contributed by atoms with Crippen LogP contribution >= 0.6 is 0 Å². The molecule has 1 fully saturated rings. The second kappa shape index (κ2) is 7.34. The molecule has 1 aromatic heterocycles. The highest BCUT2D eigenvalue weighted by atomic mass is 16.5. The van der Waals surface area contributed by atoms with Crippen LogP contribution < -0.4 is 9.47 Å². The number of piperazine rings is 1. The maximum Gasteiger partial charge on any atom is 0.246 e. The molecule has 1 saturated heterocycles. The van der Waals surface area contributed by atoms with E-state index in [1.807, 2.05) is 43.3 Å². The number of nitrogens with one attached hydrogen (secondary N) is 1. The number of amides is 2. The van der Waals surface area contributed by atoms with Gasteiger partial charge in [-0.05, 0) is 36.2 Å². The molecule has 7 heteroatoms. The van der Waals surface area contributed by atoms with E-state index in [1.165, 1.54) is 0 Å². The zero-order valence-electron chi connectivity index (χ0n) is 17.8. The van der Waals surface area contributed by atoms with Gasteiger partial charge >= 0.3 is 0 Å². The van der Waals surface area contributed by atoms with Gasteiger partial charge in [0.2, 0.25) is 11.8 Å². The van der Waals surface area contributed by atoms with Gasteiger partial charge in [-0.25, -0.2) is 0 Å². The van der Waals surface area contributed by atoms with Crippen molar-refractivity contribution < 1.29 is 19.1 Å². The first kappa shape index (κ1) is 19.5. The van der Waals surface area contributed by atoms with Crippen molar-refractivity contribution in [1.29, 1.82) is 0 Å². The van der Waals surface area contributed by atoms with E-state index < -0.39 is 6.04 Å². The van der Waals surface area contributed by atoms with Gasteiger partial charge in [-0.15, -0.1) is 0 Å². The van der Waals surface area contributed by atoms with Crippen LogP contribution in [0.15, 0.2) is 42.5 Å². The summed E-state index contributed by atoms with van der Waals surface area (Å²) < 4.78 is 10.7. The predicted octanol–water partition coefficient (Wildman–Crippen LogP) is 3.04. The fraction of sp³-hybridized carbons (Fsp3) is 0.333. The van der Waals surface area contributed by atoms with Crippen LogP contribution in [0.4, 0.5) is 0 Å². The minimum absolute atomic E-state index is 0.0165. The number of para-hydroxylation sites is 1. The van der Waals surface area contributed by atoms with Crippen molar-refractivity contribution in [3.8, 4) is 11.5 Å². The maximum atomic E-state index is 13.5. The molecule has 7 nitrogen and oxygen atoms in total. The van der Waals surface area contributed by atoms with Crippen LogP contribution in [0.2, 0.25) is 0 Å². The quantitative estimate of drug-likeness (QED) is 0.705. The van der Waals surface area contributed by atoms with E-state index >= 15 is 0 Å². The lowest BCUT2D eigenvalue weighted by atomic mass is 9.90. The molecule has 0 saturated carbocycles. The first-order valence-corrected chi connectivity index (χ1v) is 10.4. The molecule has 2 aliphatic rings. The number of hydrogen-bond acceptors (Lipinski definition) is 4. The Morgan fingerprint density at radius 1 is 1.06 bits per heavy atom. The third-order valence-electron chi connectivity index (χ3n) is 6.45. The van der Waals surface area contributed by atoms with Gasteiger partial charge in [0.05, 0.1) is 20.3 Å². The molecule has 2 amide bonds. The Balaban J connectivity index is 1.46. The second-order valence-corrected chi connectivity index (χ2v) is 8.14. The number of methoxy groups -OCH3 is 2. The number of benzene rings is 2. The lowest BCUT2D eigenvalue weighted by Gasteiger charge is -2.46. The minimum Gasteiger partial charge on any atom is -0.493 e. The number of rotatable bonds is 4. The van der Waals surface area contributed by atoms with Crippen molar-refractivity contribution in [2.45, 2.75) is 32.0 Å². The number of carbonyl (C=O) groups is 2. The van der Waals surface area contributed by atoms with E-state index in [2.05, 4.69) is 11.1 Å². The highest BCUT2D eigenvalue weighted by Crippen LogP contribution is 2.39. The van der Waals surface area contributed by atoms with Gasteiger partial charge in [0.1, 0.15) is 12.6 Å². The maximum absolute atomic E-state index is 13.5. The Morgan fingerprint density at radius 3 is 2.61 bits per heavy atom. The highest BCUT2D eigenvalue weighted by Gasteiger charge is 2.46. The van der Waals surface area contributed by atoms with E-state index in [1.54, 1.807) is 24.0 Å². The summed E-state index contributed by atoms with van der Waals surface area (Å²) in [5.41, 5.74) is 4.11. The summed E-state index contributed by atoms with van der Waals surface area (Å²) >= 11 is 0. The average molecular weight is 419 g/mol. The largest absolute Gasteiger partial charge is 0.493 e. The molecular weight excluding hydrogens is 394 g/mol. The number of H-pyrrole nitrogens is 1. The Labute approximate surface area is 180 Å². The Morgan fingerprint density at radius 2 is 1.84 bits per heavy atom. The molecule has 0 radical (unpaired) electrons. The van der Waals surface area contributed by atoms with Gasteiger partial charge in [0.25, 0.3) is 0 Å². The normalized spacial score (nSPS) is 20.6. The highest BCUT2D eigenvalue weighted by molar-refractivity contribution is 5.97. The van der Waals surface area contributed by atoms with Crippen LogP contribution in [0.3, 0.4) is 0 Å². The van der Waals surface area contributed by atoms with Crippen LogP contribution in [0.25, 0.3) is 10.9 Å². The molecule has 160 valence electrons. The number of aromatic nitrogens is 1. The van der Waals surface area contributed by atoms with Crippen LogP contribution in [-0.2, 0) is 22.6 Å². The number of aromatic amines is 1. The molecule has 2 aliphatic heterocycles. The summed E-state index contributed by atoms with van der Waals surface area (Å²) in [7, 11) is 3.17. The van der Waals surface area contributed by atoms with Crippen LogP contribution in [-0.4, -0.2) is 53.4 Å². The summed E-state index contributed by atoms with van der Waals surface area (Å²) in [4.78, 5) is 33.4. The van der Waals surface area contributed by atoms with E-state index in [0.29, 0.717) is 24.5 Å². The number of fused-ring (bicyclic) bond motifs is 4. The van der Waals surface area contributed by atoms with E-state index in [4.69, 9.17) is 9.47 Å². The van der Waals surface area contributed by atoms with E-state index in [0.717, 1.165) is 27.7 Å². The van der Waals surface area contributed by atoms with Gasteiger partial charge in [-0.1, -0.05) is 24.3 Å². The van der Waals surface area contributed by atoms with Gasteiger partial charge in [0.15, 0.2) is 11.5 Å². The standard InChI is InChI=1S/C24H25N3O4/c1-14-23-17(16-6-4-5-7-18(16)25-23)11-19-24(29)26(13-22(28)27(14)19)12-15-8-9-20(30-2)21(10-15)31-3/h4-10,14,19,25H,11-13H2,1-3H3/t14?,19-/m0/s1. The molecule has 2 aromatic carbocycles. The zero-order valence-corrected chi connectivity index (χ0v) is 17.8. The van der Waals surface area contributed by atoms with Crippen LogP contribution in [0.1, 0.15) is 29.8 Å². The Hall–Kier alpha value is -3.48. The Kier molecular flexibility index (Phi) is 4.61. The molecule has 3 aromatic rings. The van der Waals surface area contributed by atoms with Crippen molar-refractivity contribution in [1.82, 2.24) is 14.8 Å².